The first kappa shape index (κ1) is 19.6. The summed E-state index contributed by atoms with van der Waals surface area (Å²) in [6.07, 6.45) is 2.63. The van der Waals surface area contributed by atoms with Crippen molar-refractivity contribution in [2.45, 2.75) is 26.2 Å². The maximum absolute atomic E-state index is 11.8. The first-order chi connectivity index (χ1) is 12.7. The van der Waals surface area contributed by atoms with E-state index >= 15 is 0 Å². The minimum absolute atomic E-state index is 0.129. The van der Waals surface area contributed by atoms with E-state index in [1.165, 1.54) is 5.56 Å². The highest BCUT2D eigenvalue weighted by Gasteiger charge is 2.06. The second kappa shape index (κ2) is 11.0. The van der Waals surface area contributed by atoms with Crippen molar-refractivity contribution < 1.29 is 14.3 Å². The molecular weight excluding hydrogens is 328 g/mol. The first-order valence-corrected chi connectivity index (χ1v) is 9.08. The van der Waals surface area contributed by atoms with Crippen LogP contribution in [0.15, 0.2) is 48.5 Å². The smallest absolute Gasteiger partial charge is 0.314 e. The Hall–Kier alpha value is -2.69. The van der Waals surface area contributed by atoms with Gasteiger partial charge in [0.1, 0.15) is 0 Å². The molecule has 2 N–H and O–H groups in total. The molecule has 0 aliphatic carbocycles. The van der Waals surface area contributed by atoms with Crippen molar-refractivity contribution in [1.82, 2.24) is 10.6 Å². The maximum atomic E-state index is 11.8. The Morgan fingerprint density at radius 1 is 0.923 bits per heavy atom. The summed E-state index contributed by atoms with van der Waals surface area (Å²) in [7, 11) is 1.63. The van der Waals surface area contributed by atoms with Crippen molar-refractivity contribution in [3.63, 3.8) is 0 Å². The lowest BCUT2D eigenvalue weighted by Gasteiger charge is -2.11. The van der Waals surface area contributed by atoms with Gasteiger partial charge in [-0.2, -0.15) is 0 Å². The van der Waals surface area contributed by atoms with Crippen molar-refractivity contribution >= 4 is 6.03 Å². The predicted molar refractivity (Wildman–Crippen MR) is 104 cm³/mol. The number of hydrogen-bond donors (Lipinski definition) is 2. The van der Waals surface area contributed by atoms with Crippen LogP contribution in [0.25, 0.3) is 0 Å². The Morgan fingerprint density at radius 2 is 1.69 bits per heavy atom. The lowest BCUT2D eigenvalue weighted by atomic mass is 10.1. The third kappa shape index (κ3) is 6.67. The normalized spacial score (nSPS) is 10.2. The molecule has 0 heterocycles. The number of ether oxygens (including phenoxy) is 2. The van der Waals surface area contributed by atoms with E-state index in [0.717, 1.165) is 36.3 Å². The van der Waals surface area contributed by atoms with Crippen LogP contribution in [-0.4, -0.2) is 32.8 Å². The number of hydrogen-bond acceptors (Lipinski definition) is 3. The Balaban J connectivity index is 1.65. The van der Waals surface area contributed by atoms with Gasteiger partial charge < -0.3 is 20.1 Å². The average molecular weight is 356 g/mol. The number of methoxy groups -OCH3 is 1. The van der Waals surface area contributed by atoms with Crippen molar-refractivity contribution in [2.75, 3.05) is 26.8 Å². The molecule has 0 aromatic heterocycles. The minimum Gasteiger partial charge on any atom is -0.493 e. The molecule has 2 amide bonds. The van der Waals surface area contributed by atoms with Crippen LogP contribution >= 0.6 is 0 Å². The molecular formula is C21H28N2O3. The summed E-state index contributed by atoms with van der Waals surface area (Å²) in [5.41, 5.74) is 2.38. The highest BCUT2D eigenvalue weighted by atomic mass is 16.5. The fourth-order valence-corrected chi connectivity index (χ4v) is 2.66. The van der Waals surface area contributed by atoms with Crippen LogP contribution in [0.2, 0.25) is 0 Å². The third-order valence-corrected chi connectivity index (χ3v) is 4.00. The Morgan fingerprint density at radius 3 is 2.42 bits per heavy atom. The lowest BCUT2D eigenvalue weighted by molar-refractivity contribution is 0.241. The van der Waals surface area contributed by atoms with Crippen LogP contribution < -0.4 is 20.1 Å². The van der Waals surface area contributed by atoms with Crippen molar-refractivity contribution in [2.24, 2.45) is 0 Å². The molecule has 5 nitrogen and oxygen atoms in total. The van der Waals surface area contributed by atoms with Crippen LogP contribution in [0, 0.1) is 0 Å². The van der Waals surface area contributed by atoms with Gasteiger partial charge in [-0.1, -0.05) is 36.4 Å². The number of carbonyl (C=O) groups is 1. The summed E-state index contributed by atoms with van der Waals surface area (Å²) in [6.45, 7) is 3.77. The van der Waals surface area contributed by atoms with Gasteiger partial charge in [0, 0.05) is 13.1 Å². The molecule has 0 radical (unpaired) electrons. The van der Waals surface area contributed by atoms with Crippen LogP contribution in [0.3, 0.4) is 0 Å². The van der Waals surface area contributed by atoms with Crippen LogP contribution in [0.1, 0.15) is 24.5 Å². The van der Waals surface area contributed by atoms with E-state index in [4.69, 9.17) is 9.47 Å². The summed E-state index contributed by atoms with van der Waals surface area (Å²) in [5.74, 6) is 1.46. The van der Waals surface area contributed by atoms with Gasteiger partial charge in [-0.25, -0.2) is 4.79 Å². The largest absolute Gasteiger partial charge is 0.493 e. The zero-order chi connectivity index (χ0) is 18.6. The van der Waals surface area contributed by atoms with Gasteiger partial charge in [0.25, 0.3) is 0 Å². The maximum Gasteiger partial charge on any atom is 0.314 e. The Labute approximate surface area is 155 Å². The fraction of sp³-hybridized carbons (Fsp3) is 0.381. The summed E-state index contributed by atoms with van der Waals surface area (Å²) >= 11 is 0. The van der Waals surface area contributed by atoms with Gasteiger partial charge in [0.15, 0.2) is 11.5 Å². The van der Waals surface area contributed by atoms with Gasteiger partial charge in [0.2, 0.25) is 0 Å². The highest BCUT2D eigenvalue weighted by Crippen LogP contribution is 2.28. The van der Waals surface area contributed by atoms with Gasteiger partial charge in [-0.3, -0.25) is 0 Å². The van der Waals surface area contributed by atoms with Crippen molar-refractivity contribution in [1.29, 1.82) is 0 Å². The second-order valence-electron chi connectivity index (χ2n) is 5.94. The molecule has 0 aliphatic rings. The summed E-state index contributed by atoms with van der Waals surface area (Å²) in [4.78, 5) is 11.8. The summed E-state index contributed by atoms with van der Waals surface area (Å²) in [6, 6.07) is 16.0. The zero-order valence-corrected chi connectivity index (χ0v) is 15.6. The number of rotatable bonds is 10. The predicted octanol–water partition coefficient (Wildman–Crippen LogP) is 3.57. The molecule has 0 aliphatic heterocycles. The van der Waals surface area contributed by atoms with Crippen LogP contribution in [0.5, 0.6) is 11.5 Å². The molecule has 2 aromatic carbocycles. The number of nitrogens with one attached hydrogen (secondary N) is 2. The third-order valence-electron chi connectivity index (χ3n) is 4.00. The van der Waals surface area contributed by atoms with Gasteiger partial charge in [-0.05, 0) is 49.4 Å². The number of benzene rings is 2. The van der Waals surface area contributed by atoms with E-state index in [-0.39, 0.29) is 6.03 Å². The fourth-order valence-electron chi connectivity index (χ4n) is 2.66. The van der Waals surface area contributed by atoms with E-state index in [1.807, 2.05) is 43.3 Å². The molecule has 0 fully saturated rings. The minimum atomic E-state index is -0.129. The molecule has 2 rings (SSSR count). The molecule has 2 aromatic rings. The molecule has 0 spiro atoms. The summed E-state index contributed by atoms with van der Waals surface area (Å²) < 4.78 is 10.9. The van der Waals surface area contributed by atoms with E-state index in [0.29, 0.717) is 19.7 Å². The Kier molecular flexibility index (Phi) is 8.33. The Bertz CT molecular complexity index is 674. The van der Waals surface area contributed by atoms with Crippen molar-refractivity contribution in [3.8, 4) is 11.5 Å². The molecule has 0 atom stereocenters. The topological polar surface area (TPSA) is 59.6 Å². The average Bonchev–Trinajstić information content (AvgIpc) is 2.67. The molecule has 0 bridgehead atoms. The highest BCUT2D eigenvalue weighted by molar-refractivity contribution is 5.73. The lowest BCUT2D eigenvalue weighted by Crippen LogP contribution is -2.37. The zero-order valence-electron chi connectivity index (χ0n) is 15.6. The molecule has 0 saturated carbocycles. The molecule has 5 heteroatoms. The van der Waals surface area contributed by atoms with E-state index < -0.39 is 0 Å². The number of aryl methyl sites for hydroxylation is 1. The second-order valence-corrected chi connectivity index (χ2v) is 5.94. The van der Waals surface area contributed by atoms with Crippen molar-refractivity contribution in [3.05, 3.63) is 59.7 Å². The number of amides is 2. The van der Waals surface area contributed by atoms with Crippen LogP contribution in [-0.2, 0) is 12.8 Å². The first-order valence-electron chi connectivity index (χ1n) is 9.08. The number of carbonyl (C=O) groups excluding carboxylic acids is 1. The number of urea groups is 1. The molecule has 0 saturated heterocycles. The van der Waals surface area contributed by atoms with E-state index in [9.17, 15) is 4.79 Å². The summed E-state index contributed by atoms with van der Waals surface area (Å²) in [5, 5.41) is 5.78. The standard InChI is InChI=1S/C21H28N2O3/c1-3-26-19-12-11-18(16-20(19)25-2)13-15-23-21(24)22-14-7-10-17-8-5-4-6-9-17/h4-6,8-9,11-12,16H,3,7,10,13-15H2,1-2H3,(H2,22,23,24). The quantitative estimate of drug-likeness (QED) is 0.640. The molecule has 140 valence electrons. The molecule has 26 heavy (non-hydrogen) atoms. The van der Waals surface area contributed by atoms with Gasteiger partial charge >= 0.3 is 6.03 Å². The van der Waals surface area contributed by atoms with Gasteiger partial charge in [0.05, 0.1) is 13.7 Å². The van der Waals surface area contributed by atoms with Crippen LogP contribution in [0.4, 0.5) is 4.79 Å². The van der Waals surface area contributed by atoms with Gasteiger partial charge in [-0.15, -0.1) is 0 Å². The van der Waals surface area contributed by atoms with E-state index in [1.54, 1.807) is 7.11 Å². The monoisotopic (exact) mass is 356 g/mol. The molecule has 0 unspecified atom stereocenters. The van der Waals surface area contributed by atoms with E-state index in [2.05, 4.69) is 22.8 Å². The SMILES string of the molecule is CCOc1ccc(CCNC(=O)NCCCc2ccccc2)cc1OC.